The molecule has 0 atom stereocenters. The number of rotatable bonds is 8. The highest BCUT2D eigenvalue weighted by atomic mass is 16.5. The Bertz CT molecular complexity index is 630. The lowest BCUT2D eigenvalue weighted by Crippen LogP contribution is -2.55. The first-order valence-electron chi connectivity index (χ1n) is 8.82. The summed E-state index contributed by atoms with van der Waals surface area (Å²) in [4.78, 5) is 25.3. The van der Waals surface area contributed by atoms with Crippen LogP contribution in [0.2, 0.25) is 0 Å². The van der Waals surface area contributed by atoms with Crippen molar-refractivity contribution in [3.05, 3.63) is 17.5 Å². The lowest BCUT2D eigenvalue weighted by atomic mass is 9.85. The zero-order valence-corrected chi connectivity index (χ0v) is 13.6. The van der Waals surface area contributed by atoms with Gasteiger partial charge in [-0.1, -0.05) is 5.16 Å². The lowest BCUT2D eigenvalue weighted by Gasteiger charge is -2.42. The van der Waals surface area contributed by atoms with Gasteiger partial charge in [-0.2, -0.15) is 0 Å². The average molecular weight is 333 g/mol. The minimum Gasteiger partial charge on any atom is -0.480 e. The molecule has 2 N–H and O–H groups in total. The van der Waals surface area contributed by atoms with Crippen LogP contribution >= 0.6 is 0 Å². The molecule has 3 aliphatic carbocycles. The first-order valence-corrected chi connectivity index (χ1v) is 8.82. The normalized spacial score (nSPS) is 26.2. The third kappa shape index (κ3) is 3.61. The van der Waals surface area contributed by atoms with Crippen LogP contribution in [0.25, 0.3) is 0 Å². The molecule has 3 fully saturated rings. The van der Waals surface area contributed by atoms with Gasteiger partial charge in [-0.3, -0.25) is 14.5 Å². The molecule has 3 saturated carbocycles. The molecule has 24 heavy (non-hydrogen) atoms. The largest absolute Gasteiger partial charge is 0.480 e. The van der Waals surface area contributed by atoms with E-state index in [9.17, 15) is 9.59 Å². The maximum atomic E-state index is 12.2. The second-order valence-corrected chi connectivity index (χ2v) is 7.45. The Morgan fingerprint density at radius 3 is 2.67 bits per heavy atom. The van der Waals surface area contributed by atoms with E-state index >= 15 is 0 Å². The molecular weight excluding hydrogens is 310 g/mol. The second-order valence-electron chi connectivity index (χ2n) is 7.45. The fraction of sp³-hybridized carbons (Fsp3) is 0.706. The number of carbonyl (C=O) groups is 2. The molecule has 1 amide bonds. The number of amides is 1. The van der Waals surface area contributed by atoms with Crippen molar-refractivity contribution in [2.75, 3.05) is 13.1 Å². The van der Waals surface area contributed by atoms with Gasteiger partial charge in [-0.25, -0.2) is 0 Å². The Hall–Kier alpha value is -1.89. The van der Waals surface area contributed by atoms with Crippen LogP contribution in [0.5, 0.6) is 0 Å². The highest BCUT2D eigenvalue weighted by molar-refractivity contribution is 5.92. The molecule has 1 aromatic heterocycles. The van der Waals surface area contributed by atoms with E-state index in [-0.39, 0.29) is 24.5 Å². The van der Waals surface area contributed by atoms with Gasteiger partial charge in [-0.15, -0.1) is 0 Å². The predicted octanol–water partition coefficient (Wildman–Crippen LogP) is 1.61. The Labute approximate surface area is 140 Å². The Balaban J connectivity index is 1.26. The lowest BCUT2D eigenvalue weighted by molar-refractivity contribution is -0.139. The summed E-state index contributed by atoms with van der Waals surface area (Å²) in [5, 5.41) is 15.9. The third-order valence-electron chi connectivity index (χ3n) is 5.23. The number of hydrogen-bond acceptors (Lipinski definition) is 5. The zero-order chi connectivity index (χ0) is 16.7. The predicted molar refractivity (Wildman–Crippen MR) is 84.7 cm³/mol. The molecule has 0 spiro atoms. The van der Waals surface area contributed by atoms with Crippen molar-refractivity contribution in [3.8, 4) is 0 Å². The molecule has 130 valence electrons. The SMILES string of the molecule is O=C(O)CN(CC1CC1)C1CC(NC(=O)c2cc(C3CC3)on2)C1. The van der Waals surface area contributed by atoms with E-state index in [1.807, 2.05) is 0 Å². The standard InChI is InChI=1S/C17H23N3O4/c21-16(22)9-20(8-10-1-2-10)13-5-12(6-13)18-17(23)14-7-15(24-19-14)11-3-4-11/h7,10-13H,1-6,8-9H2,(H,18,23)(H,21,22). The molecule has 0 saturated heterocycles. The summed E-state index contributed by atoms with van der Waals surface area (Å²) in [5.74, 6) is 0.941. The number of nitrogens with zero attached hydrogens (tertiary/aromatic N) is 2. The van der Waals surface area contributed by atoms with E-state index in [4.69, 9.17) is 9.63 Å². The van der Waals surface area contributed by atoms with Crippen LogP contribution in [0.4, 0.5) is 0 Å². The van der Waals surface area contributed by atoms with Gasteiger partial charge in [0.1, 0.15) is 5.76 Å². The molecule has 1 aromatic rings. The number of carboxylic acid groups (broad SMARTS) is 1. The number of nitrogens with one attached hydrogen (secondary N) is 1. The van der Waals surface area contributed by atoms with Crippen molar-refractivity contribution in [2.24, 2.45) is 5.92 Å². The van der Waals surface area contributed by atoms with Crippen LogP contribution in [0.3, 0.4) is 0 Å². The highest BCUT2D eigenvalue weighted by Gasteiger charge is 2.38. The molecule has 0 radical (unpaired) electrons. The van der Waals surface area contributed by atoms with E-state index in [0.29, 0.717) is 17.5 Å². The van der Waals surface area contributed by atoms with Gasteiger partial charge < -0.3 is 14.9 Å². The van der Waals surface area contributed by atoms with Gasteiger partial charge in [0.15, 0.2) is 5.69 Å². The molecule has 0 unspecified atom stereocenters. The van der Waals surface area contributed by atoms with Crippen LogP contribution in [0.1, 0.15) is 60.7 Å². The van der Waals surface area contributed by atoms with Crippen LogP contribution in [-0.4, -0.2) is 52.2 Å². The van der Waals surface area contributed by atoms with Gasteiger partial charge >= 0.3 is 5.97 Å². The summed E-state index contributed by atoms with van der Waals surface area (Å²) in [6.07, 6.45) is 6.25. The number of carbonyl (C=O) groups excluding carboxylic acids is 1. The topological polar surface area (TPSA) is 95.7 Å². The maximum absolute atomic E-state index is 12.2. The summed E-state index contributed by atoms with van der Waals surface area (Å²) in [5.41, 5.74) is 0.348. The molecule has 4 rings (SSSR count). The van der Waals surface area contributed by atoms with Crippen molar-refractivity contribution in [1.82, 2.24) is 15.4 Å². The summed E-state index contributed by atoms with van der Waals surface area (Å²) in [7, 11) is 0. The van der Waals surface area contributed by atoms with E-state index in [1.54, 1.807) is 6.07 Å². The summed E-state index contributed by atoms with van der Waals surface area (Å²) in [6.45, 7) is 0.960. The maximum Gasteiger partial charge on any atom is 0.317 e. The molecule has 0 aliphatic heterocycles. The smallest absolute Gasteiger partial charge is 0.317 e. The quantitative estimate of drug-likeness (QED) is 0.750. The Morgan fingerprint density at radius 2 is 2.04 bits per heavy atom. The van der Waals surface area contributed by atoms with E-state index in [2.05, 4.69) is 15.4 Å². The molecule has 0 bridgehead atoms. The van der Waals surface area contributed by atoms with Crippen molar-refractivity contribution in [3.63, 3.8) is 0 Å². The number of aliphatic carboxylic acids is 1. The first-order chi connectivity index (χ1) is 11.6. The van der Waals surface area contributed by atoms with Gasteiger partial charge in [0, 0.05) is 30.6 Å². The van der Waals surface area contributed by atoms with Crippen molar-refractivity contribution in [1.29, 1.82) is 0 Å². The summed E-state index contributed by atoms with van der Waals surface area (Å²) in [6, 6.07) is 2.10. The zero-order valence-electron chi connectivity index (χ0n) is 13.6. The van der Waals surface area contributed by atoms with Gasteiger partial charge in [-0.05, 0) is 44.4 Å². The van der Waals surface area contributed by atoms with Crippen LogP contribution in [-0.2, 0) is 4.79 Å². The fourth-order valence-corrected chi connectivity index (χ4v) is 3.37. The number of aromatic nitrogens is 1. The van der Waals surface area contributed by atoms with Crippen molar-refractivity contribution < 1.29 is 19.2 Å². The minimum atomic E-state index is -0.779. The molecule has 0 aromatic carbocycles. The van der Waals surface area contributed by atoms with Crippen molar-refractivity contribution in [2.45, 2.75) is 56.5 Å². The van der Waals surface area contributed by atoms with Gasteiger partial charge in [0.25, 0.3) is 5.91 Å². The van der Waals surface area contributed by atoms with Gasteiger partial charge in [0.2, 0.25) is 0 Å². The van der Waals surface area contributed by atoms with E-state index in [1.165, 1.54) is 12.8 Å². The Morgan fingerprint density at radius 1 is 1.29 bits per heavy atom. The summed E-state index contributed by atoms with van der Waals surface area (Å²) >= 11 is 0. The fourth-order valence-electron chi connectivity index (χ4n) is 3.37. The van der Waals surface area contributed by atoms with Crippen molar-refractivity contribution >= 4 is 11.9 Å². The Kier molecular flexibility index (Phi) is 4.04. The number of hydrogen-bond donors (Lipinski definition) is 2. The molecule has 3 aliphatic rings. The number of carboxylic acids is 1. The second kappa shape index (κ2) is 6.20. The average Bonchev–Trinajstić information content (AvgIpc) is 3.42. The minimum absolute atomic E-state index is 0.0931. The van der Waals surface area contributed by atoms with Gasteiger partial charge in [0.05, 0.1) is 6.54 Å². The molecular formula is C17H23N3O4. The monoisotopic (exact) mass is 333 g/mol. The highest BCUT2D eigenvalue weighted by Crippen LogP contribution is 2.40. The van der Waals surface area contributed by atoms with E-state index in [0.717, 1.165) is 38.0 Å². The molecule has 7 heteroatoms. The molecule has 7 nitrogen and oxygen atoms in total. The first kappa shape index (κ1) is 15.6. The van der Waals surface area contributed by atoms with E-state index < -0.39 is 5.97 Å². The molecule has 1 heterocycles. The van der Waals surface area contributed by atoms with Crippen LogP contribution in [0.15, 0.2) is 10.6 Å². The van der Waals surface area contributed by atoms with Crippen LogP contribution in [0, 0.1) is 5.92 Å². The summed E-state index contributed by atoms with van der Waals surface area (Å²) < 4.78 is 5.21. The third-order valence-corrected chi connectivity index (χ3v) is 5.23. The van der Waals surface area contributed by atoms with Crippen LogP contribution < -0.4 is 5.32 Å².